The number of likely N-dealkylation sites (tertiary alicyclic amines) is 1. The topological polar surface area (TPSA) is 84.7 Å². The van der Waals surface area contributed by atoms with Crippen molar-refractivity contribution in [3.63, 3.8) is 0 Å². The summed E-state index contributed by atoms with van der Waals surface area (Å²) in [6.07, 6.45) is 6.87. The maximum Gasteiger partial charge on any atom is 0.290 e. The van der Waals surface area contributed by atoms with Crippen molar-refractivity contribution in [2.24, 2.45) is 5.92 Å². The number of carbonyl (C=O) groups excluding carboxylic acids is 1. The first-order valence-electron chi connectivity index (χ1n) is 10.1. The molecule has 1 saturated carbocycles. The number of imidazole rings is 1. The van der Waals surface area contributed by atoms with Crippen molar-refractivity contribution in [1.29, 1.82) is 0 Å². The van der Waals surface area contributed by atoms with Gasteiger partial charge in [0, 0.05) is 54.8 Å². The predicted molar refractivity (Wildman–Crippen MR) is 113 cm³/mol. The van der Waals surface area contributed by atoms with Crippen LogP contribution in [-0.2, 0) is 16.1 Å². The van der Waals surface area contributed by atoms with Crippen LogP contribution in [0.3, 0.4) is 0 Å². The maximum atomic E-state index is 12.3. The number of hydrogen-bond acceptors (Lipinski definition) is 4. The van der Waals surface area contributed by atoms with E-state index < -0.39 is 0 Å². The molecule has 1 aliphatic carbocycles. The summed E-state index contributed by atoms with van der Waals surface area (Å²) in [5.41, 5.74) is 1.10. The fourth-order valence-corrected chi connectivity index (χ4v) is 4.29. The molecule has 1 amide bonds. The summed E-state index contributed by atoms with van der Waals surface area (Å²) in [5.74, 6) is 2.50. The lowest BCUT2D eigenvalue weighted by Crippen LogP contribution is -2.27. The van der Waals surface area contributed by atoms with E-state index in [1.54, 1.807) is 7.11 Å². The van der Waals surface area contributed by atoms with Crippen molar-refractivity contribution in [3.05, 3.63) is 48.8 Å². The van der Waals surface area contributed by atoms with Crippen LogP contribution in [0.5, 0.6) is 5.75 Å². The third-order valence-corrected chi connectivity index (χ3v) is 5.74. The van der Waals surface area contributed by atoms with E-state index in [1.807, 2.05) is 30.6 Å². The third-order valence-electron chi connectivity index (χ3n) is 5.74. The maximum absolute atomic E-state index is 12.3. The van der Waals surface area contributed by atoms with E-state index in [1.165, 1.54) is 12.8 Å². The van der Waals surface area contributed by atoms with Gasteiger partial charge < -0.3 is 19.3 Å². The summed E-state index contributed by atoms with van der Waals surface area (Å²) in [4.78, 5) is 27.4. The van der Waals surface area contributed by atoms with Crippen LogP contribution in [0.1, 0.15) is 19.3 Å². The Morgan fingerprint density at radius 2 is 1.93 bits per heavy atom. The Bertz CT molecular complexity index is 1060. The first kappa shape index (κ1) is 19.9. The molecule has 30 heavy (non-hydrogen) atoms. The van der Waals surface area contributed by atoms with Crippen LogP contribution in [0, 0.1) is 5.92 Å². The van der Waals surface area contributed by atoms with Crippen LogP contribution in [0.2, 0.25) is 0 Å². The van der Waals surface area contributed by atoms with Gasteiger partial charge in [0.15, 0.2) is 0 Å². The number of methoxy groups -OCH3 is 1. The number of carbonyl (C=O) groups is 2. The van der Waals surface area contributed by atoms with Crippen LogP contribution in [0.15, 0.2) is 48.8 Å². The molecule has 156 valence electrons. The Labute approximate surface area is 174 Å². The minimum Gasteiger partial charge on any atom is -0.496 e. The summed E-state index contributed by atoms with van der Waals surface area (Å²) in [6.45, 7) is 1.45. The summed E-state index contributed by atoms with van der Waals surface area (Å²) in [5, 5.41) is 9.11. The van der Waals surface area contributed by atoms with Crippen molar-refractivity contribution in [3.8, 4) is 17.1 Å². The molecule has 1 unspecified atom stereocenters. The van der Waals surface area contributed by atoms with Gasteiger partial charge in [-0.25, -0.2) is 4.98 Å². The van der Waals surface area contributed by atoms with Gasteiger partial charge in [-0.05, 0) is 30.4 Å². The van der Waals surface area contributed by atoms with Gasteiger partial charge in [-0.15, -0.1) is 0 Å². The fraction of sp³-hybridized carbons (Fsp3) is 0.348. The fourth-order valence-electron chi connectivity index (χ4n) is 4.29. The number of hydrogen-bond donors (Lipinski definition) is 1. The molecule has 1 aliphatic heterocycles. The lowest BCUT2D eigenvalue weighted by atomic mass is 10.0. The molecule has 5 rings (SSSR count). The van der Waals surface area contributed by atoms with E-state index in [0.717, 1.165) is 41.0 Å². The average molecular weight is 407 g/mol. The van der Waals surface area contributed by atoms with E-state index in [2.05, 4.69) is 32.7 Å². The second-order valence-electron chi connectivity index (χ2n) is 7.72. The van der Waals surface area contributed by atoms with Crippen LogP contribution in [-0.4, -0.2) is 51.6 Å². The zero-order valence-electron chi connectivity index (χ0n) is 16.9. The molecule has 0 bridgehead atoms. The van der Waals surface area contributed by atoms with Crippen LogP contribution in [0.4, 0.5) is 0 Å². The zero-order valence-corrected chi connectivity index (χ0v) is 16.9. The van der Waals surface area contributed by atoms with Crippen LogP contribution < -0.4 is 4.74 Å². The quantitative estimate of drug-likeness (QED) is 0.655. The number of amides is 1. The molecule has 1 aromatic heterocycles. The van der Waals surface area contributed by atoms with Gasteiger partial charge in [0.2, 0.25) is 5.91 Å². The molecular formula is C23H25N3O4. The minimum atomic E-state index is -0.250. The van der Waals surface area contributed by atoms with Gasteiger partial charge in [-0.1, -0.05) is 24.3 Å². The molecule has 2 heterocycles. The molecular weight excluding hydrogens is 382 g/mol. The van der Waals surface area contributed by atoms with Gasteiger partial charge in [-0.2, -0.15) is 0 Å². The predicted octanol–water partition coefficient (Wildman–Crippen LogP) is 3.42. The zero-order chi connectivity index (χ0) is 21.1. The summed E-state index contributed by atoms with van der Waals surface area (Å²) in [7, 11) is 1.70. The molecule has 2 fully saturated rings. The summed E-state index contributed by atoms with van der Waals surface area (Å²) >= 11 is 0. The Kier molecular flexibility index (Phi) is 5.70. The number of aromatic nitrogens is 2. The largest absolute Gasteiger partial charge is 0.496 e. The molecule has 1 saturated heterocycles. The summed E-state index contributed by atoms with van der Waals surface area (Å²) < 4.78 is 7.72. The Morgan fingerprint density at radius 1 is 1.20 bits per heavy atom. The second-order valence-corrected chi connectivity index (χ2v) is 7.72. The molecule has 1 atom stereocenters. The third kappa shape index (κ3) is 3.87. The number of benzene rings is 2. The molecule has 0 radical (unpaired) electrons. The first-order valence-corrected chi connectivity index (χ1v) is 10.1. The molecule has 3 aromatic rings. The van der Waals surface area contributed by atoms with Crippen molar-refractivity contribution >= 4 is 23.2 Å². The van der Waals surface area contributed by atoms with Gasteiger partial charge >= 0.3 is 0 Å². The molecule has 7 nitrogen and oxygen atoms in total. The van der Waals surface area contributed by atoms with Crippen molar-refractivity contribution in [2.75, 3.05) is 13.7 Å². The first-order chi connectivity index (χ1) is 14.7. The van der Waals surface area contributed by atoms with Crippen LogP contribution >= 0.6 is 0 Å². The highest BCUT2D eigenvalue weighted by molar-refractivity contribution is 5.98. The van der Waals surface area contributed by atoms with Gasteiger partial charge in [0.05, 0.1) is 7.11 Å². The monoisotopic (exact) mass is 407 g/mol. The molecule has 0 spiro atoms. The van der Waals surface area contributed by atoms with E-state index in [4.69, 9.17) is 14.6 Å². The highest BCUT2D eigenvalue weighted by atomic mass is 16.5. The van der Waals surface area contributed by atoms with Crippen molar-refractivity contribution < 1.29 is 19.4 Å². The van der Waals surface area contributed by atoms with E-state index in [-0.39, 0.29) is 6.47 Å². The highest BCUT2D eigenvalue weighted by Gasteiger charge is 2.39. The van der Waals surface area contributed by atoms with E-state index in [9.17, 15) is 4.79 Å². The average Bonchev–Trinajstić information content (AvgIpc) is 3.39. The number of nitrogens with zero attached hydrogens (tertiary/aromatic N) is 3. The standard InChI is InChI=1S/C22H23N3O2.CH2O2/c1-27-20-9-8-19(17-4-2-3-5-18(17)20)22-23-10-11-24(22)13-15-12-21(26)25(14-15)16-6-7-16;2-1-3/h2-5,8-11,15-16H,6-7,12-14H2,1H3;1H,(H,2,3). The van der Waals surface area contributed by atoms with Gasteiger partial charge in [0.1, 0.15) is 11.6 Å². The molecule has 7 heteroatoms. The lowest BCUT2D eigenvalue weighted by Gasteiger charge is -2.17. The van der Waals surface area contributed by atoms with Gasteiger partial charge in [0.25, 0.3) is 6.47 Å². The number of rotatable bonds is 5. The Morgan fingerprint density at radius 3 is 2.63 bits per heavy atom. The molecule has 2 aliphatic rings. The van der Waals surface area contributed by atoms with Gasteiger partial charge in [-0.3, -0.25) is 9.59 Å². The van der Waals surface area contributed by atoms with Crippen molar-refractivity contribution in [1.82, 2.24) is 14.5 Å². The van der Waals surface area contributed by atoms with Crippen molar-refractivity contribution in [2.45, 2.75) is 31.8 Å². The molecule has 1 N–H and O–H groups in total. The SMILES string of the molecule is COc1ccc(-c2nccn2CC2CC(=O)N(C3CC3)C2)c2ccccc12.O=CO. The Balaban J connectivity index is 0.000000687. The van der Waals surface area contributed by atoms with E-state index >= 15 is 0 Å². The normalized spacial score (nSPS) is 18.2. The summed E-state index contributed by atoms with van der Waals surface area (Å²) in [6, 6.07) is 12.9. The molecule has 2 aromatic carbocycles. The lowest BCUT2D eigenvalue weighted by molar-refractivity contribution is -0.128. The second kappa shape index (κ2) is 8.57. The number of ether oxygens (including phenoxy) is 1. The van der Waals surface area contributed by atoms with Crippen LogP contribution in [0.25, 0.3) is 22.2 Å². The minimum absolute atomic E-state index is 0.250. The van der Waals surface area contributed by atoms with E-state index in [0.29, 0.717) is 24.3 Å². The number of carboxylic acid groups (broad SMARTS) is 1. The number of fused-ring (bicyclic) bond motifs is 1. The smallest absolute Gasteiger partial charge is 0.290 e. The highest BCUT2D eigenvalue weighted by Crippen LogP contribution is 2.36. The Hall–Kier alpha value is -3.35.